The van der Waals surface area contributed by atoms with Crippen molar-refractivity contribution < 1.29 is 17.6 Å². The Morgan fingerprint density at radius 2 is 1.73 bits per heavy atom. The van der Waals surface area contributed by atoms with Gasteiger partial charge in [0.15, 0.2) is 0 Å². The molecule has 0 N–H and O–H groups in total. The molecule has 0 radical (unpaired) electrons. The Kier molecular flexibility index (Phi) is 6.17. The van der Waals surface area contributed by atoms with Crippen LogP contribution in [-0.4, -0.2) is 43.1 Å². The number of nitrogens with zero attached hydrogens (tertiary/aromatic N) is 2. The van der Waals surface area contributed by atoms with Crippen LogP contribution in [0.1, 0.15) is 12.8 Å². The lowest BCUT2D eigenvalue weighted by Gasteiger charge is -2.14. The fourth-order valence-corrected chi connectivity index (χ4v) is 5.74. The first kappa shape index (κ1) is 21.0. The van der Waals surface area contributed by atoms with Crippen LogP contribution in [0.25, 0.3) is 11.5 Å². The van der Waals surface area contributed by atoms with Gasteiger partial charge in [-0.15, -0.1) is 0 Å². The van der Waals surface area contributed by atoms with Gasteiger partial charge in [-0.2, -0.15) is 4.98 Å². The summed E-state index contributed by atoms with van der Waals surface area (Å²) in [4.78, 5) is 18.6. The largest absolute Gasteiger partial charge is 0.428 e. The molecule has 1 aliphatic heterocycles. The molecule has 2 heterocycles. The van der Waals surface area contributed by atoms with Gasteiger partial charge in [-0.3, -0.25) is 4.79 Å². The summed E-state index contributed by atoms with van der Waals surface area (Å²) in [5, 5.41) is 0.475. The summed E-state index contributed by atoms with van der Waals surface area (Å²) in [5.74, 6) is 0.217. The molecule has 1 aliphatic rings. The van der Waals surface area contributed by atoms with Gasteiger partial charge in [0, 0.05) is 23.7 Å². The van der Waals surface area contributed by atoms with Crippen LogP contribution >= 0.6 is 23.4 Å². The summed E-state index contributed by atoms with van der Waals surface area (Å²) in [7, 11) is -3.91. The van der Waals surface area contributed by atoms with Gasteiger partial charge < -0.3 is 9.32 Å². The van der Waals surface area contributed by atoms with Gasteiger partial charge in [0.1, 0.15) is 0 Å². The molecule has 0 unspecified atom stereocenters. The normalized spacial score (nSPS) is 14.2. The number of carbonyl (C=O) groups is 1. The predicted molar refractivity (Wildman–Crippen MR) is 115 cm³/mol. The standard InChI is InChI=1S/C21H19ClN2O4S2/c22-16-10-8-15(9-11-16)19-23-20(30(26,27)17-6-2-1-3-7-17)21(28-19)29-14-18(25)24-12-4-5-13-24/h1-3,6-11H,4-5,12-14H2. The maximum atomic E-state index is 13.2. The first-order valence-corrected chi connectivity index (χ1v) is 12.3. The van der Waals surface area contributed by atoms with Crippen molar-refractivity contribution in [3.8, 4) is 11.5 Å². The first-order chi connectivity index (χ1) is 14.4. The highest BCUT2D eigenvalue weighted by Crippen LogP contribution is 2.35. The minimum Gasteiger partial charge on any atom is -0.428 e. The summed E-state index contributed by atoms with van der Waals surface area (Å²) < 4.78 is 32.2. The summed E-state index contributed by atoms with van der Waals surface area (Å²) in [6.45, 7) is 1.47. The van der Waals surface area contributed by atoms with Gasteiger partial charge in [-0.25, -0.2) is 8.42 Å². The lowest BCUT2D eigenvalue weighted by Crippen LogP contribution is -2.29. The van der Waals surface area contributed by atoms with E-state index in [0.717, 1.165) is 37.7 Å². The van der Waals surface area contributed by atoms with E-state index in [1.165, 1.54) is 12.1 Å². The first-order valence-electron chi connectivity index (χ1n) is 9.42. The van der Waals surface area contributed by atoms with E-state index in [2.05, 4.69) is 4.98 Å². The van der Waals surface area contributed by atoms with Crippen molar-refractivity contribution >= 4 is 39.1 Å². The number of rotatable bonds is 6. The summed E-state index contributed by atoms with van der Waals surface area (Å²) >= 11 is 7.00. The molecule has 1 amide bonds. The number of amides is 1. The maximum absolute atomic E-state index is 13.2. The fraction of sp³-hybridized carbons (Fsp3) is 0.238. The Morgan fingerprint density at radius 1 is 1.07 bits per heavy atom. The van der Waals surface area contributed by atoms with Crippen molar-refractivity contribution in [1.82, 2.24) is 9.88 Å². The molecule has 0 bridgehead atoms. The molecule has 4 rings (SSSR count). The van der Waals surface area contributed by atoms with Gasteiger partial charge >= 0.3 is 0 Å². The molecule has 0 saturated carbocycles. The van der Waals surface area contributed by atoms with E-state index in [1.807, 2.05) is 0 Å². The average Bonchev–Trinajstić information content (AvgIpc) is 3.44. The van der Waals surface area contributed by atoms with Gasteiger partial charge in [-0.1, -0.05) is 41.6 Å². The highest BCUT2D eigenvalue weighted by atomic mass is 35.5. The second-order valence-corrected chi connectivity index (χ2v) is 10.1. The van der Waals surface area contributed by atoms with E-state index >= 15 is 0 Å². The topological polar surface area (TPSA) is 80.5 Å². The van der Waals surface area contributed by atoms with Crippen molar-refractivity contribution in [1.29, 1.82) is 0 Å². The molecule has 3 aromatic rings. The number of benzene rings is 2. The third-order valence-electron chi connectivity index (χ3n) is 4.75. The number of carbonyl (C=O) groups excluding carboxylic acids is 1. The lowest BCUT2D eigenvalue weighted by atomic mass is 10.2. The van der Waals surface area contributed by atoms with E-state index in [0.29, 0.717) is 10.6 Å². The second-order valence-electron chi connectivity index (χ2n) is 6.81. The van der Waals surface area contributed by atoms with Crippen LogP contribution in [0.2, 0.25) is 5.02 Å². The zero-order valence-electron chi connectivity index (χ0n) is 16.0. The van der Waals surface area contributed by atoms with Gasteiger partial charge in [-0.05, 0) is 49.2 Å². The summed E-state index contributed by atoms with van der Waals surface area (Å²) in [6, 6.07) is 14.8. The molecule has 6 nitrogen and oxygen atoms in total. The molecule has 2 aromatic carbocycles. The molecule has 0 spiro atoms. The highest BCUT2D eigenvalue weighted by molar-refractivity contribution is 8.00. The van der Waals surface area contributed by atoms with E-state index in [4.69, 9.17) is 16.0 Å². The van der Waals surface area contributed by atoms with Crippen LogP contribution in [0.4, 0.5) is 0 Å². The lowest BCUT2D eigenvalue weighted by molar-refractivity contribution is -0.127. The average molecular weight is 463 g/mol. The molecule has 1 fully saturated rings. The van der Waals surface area contributed by atoms with E-state index in [9.17, 15) is 13.2 Å². The number of aromatic nitrogens is 1. The minimum absolute atomic E-state index is 0.0370. The molecular weight excluding hydrogens is 444 g/mol. The van der Waals surface area contributed by atoms with E-state index < -0.39 is 9.84 Å². The number of likely N-dealkylation sites (tertiary alicyclic amines) is 1. The van der Waals surface area contributed by atoms with E-state index in [1.54, 1.807) is 47.4 Å². The molecule has 9 heteroatoms. The fourth-order valence-electron chi connectivity index (χ4n) is 3.17. The Morgan fingerprint density at radius 3 is 2.40 bits per heavy atom. The molecule has 0 aliphatic carbocycles. The third-order valence-corrected chi connectivity index (χ3v) is 7.74. The van der Waals surface area contributed by atoms with Crippen LogP contribution in [0.5, 0.6) is 0 Å². The van der Waals surface area contributed by atoms with Crippen LogP contribution in [0, 0.1) is 0 Å². The van der Waals surface area contributed by atoms with Gasteiger partial charge in [0.05, 0.1) is 10.6 Å². The Balaban J connectivity index is 1.69. The maximum Gasteiger partial charge on any atom is 0.233 e. The second kappa shape index (κ2) is 8.83. The zero-order chi connectivity index (χ0) is 21.1. The number of oxazole rings is 1. The van der Waals surface area contributed by atoms with Crippen LogP contribution in [-0.2, 0) is 14.6 Å². The highest BCUT2D eigenvalue weighted by Gasteiger charge is 2.29. The SMILES string of the molecule is O=C(CSc1oc(-c2ccc(Cl)cc2)nc1S(=O)(=O)c1ccccc1)N1CCCC1. The monoisotopic (exact) mass is 462 g/mol. The number of hydrogen-bond donors (Lipinski definition) is 0. The molecular formula is C21H19ClN2O4S2. The van der Waals surface area contributed by atoms with Crippen molar-refractivity contribution in [3.05, 3.63) is 59.6 Å². The Bertz CT molecular complexity index is 1140. The predicted octanol–water partition coefficient (Wildman–Crippen LogP) is 4.54. The molecule has 30 heavy (non-hydrogen) atoms. The molecule has 1 saturated heterocycles. The molecule has 156 valence electrons. The Labute approximate surface area is 184 Å². The minimum atomic E-state index is -3.91. The van der Waals surface area contributed by atoms with Crippen molar-refractivity contribution in [2.45, 2.75) is 27.9 Å². The van der Waals surface area contributed by atoms with Crippen molar-refractivity contribution in [3.63, 3.8) is 0 Å². The van der Waals surface area contributed by atoms with Gasteiger partial charge in [0.2, 0.25) is 31.8 Å². The smallest absolute Gasteiger partial charge is 0.233 e. The third kappa shape index (κ3) is 4.40. The number of hydrogen-bond acceptors (Lipinski definition) is 6. The Hall–Kier alpha value is -2.29. The summed E-state index contributed by atoms with van der Waals surface area (Å²) in [5.41, 5.74) is 0.599. The van der Waals surface area contributed by atoms with Crippen LogP contribution in [0.15, 0.2) is 74.0 Å². The molecule has 0 atom stereocenters. The number of thioether (sulfide) groups is 1. The number of halogens is 1. The van der Waals surface area contributed by atoms with Crippen LogP contribution in [0.3, 0.4) is 0 Å². The number of sulfone groups is 1. The van der Waals surface area contributed by atoms with Crippen molar-refractivity contribution in [2.24, 2.45) is 0 Å². The van der Waals surface area contributed by atoms with Crippen LogP contribution < -0.4 is 0 Å². The zero-order valence-corrected chi connectivity index (χ0v) is 18.3. The molecule has 1 aromatic heterocycles. The van der Waals surface area contributed by atoms with Crippen molar-refractivity contribution in [2.75, 3.05) is 18.8 Å². The quantitative estimate of drug-likeness (QED) is 0.500. The van der Waals surface area contributed by atoms with E-state index in [-0.39, 0.29) is 32.6 Å². The van der Waals surface area contributed by atoms with Gasteiger partial charge in [0.25, 0.3) is 0 Å². The summed E-state index contributed by atoms with van der Waals surface area (Å²) in [6.07, 6.45) is 1.99.